The number of piperazine rings is 1. The first-order chi connectivity index (χ1) is 13.4. The molecule has 0 unspecified atom stereocenters. The fourth-order valence-electron chi connectivity index (χ4n) is 3.23. The number of benzene rings is 2. The van der Waals surface area contributed by atoms with Crippen molar-refractivity contribution >= 4 is 23.4 Å². The van der Waals surface area contributed by atoms with Crippen molar-refractivity contribution in [3.8, 4) is 5.75 Å². The van der Waals surface area contributed by atoms with Crippen LogP contribution in [0.2, 0.25) is 5.02 Å². The van der Waals surface area contributed by atoms with Gasteiger partial charge in [0.15, 0.2) is 0 Å². The van der Waals surface area contributed by atoms with Crippen molar-refractivity contribution in [3.05, 3.63) is 63.9 Å². The number of ether oxygens (including phenoxy) is 1. The van der Waals surface area contributed by atoms with Gasteiger partial charge in [0.2, 0.25) is 0 Å². The summed E-state index contributed by atoms with van der Waals surface area (Å²) < 4.78 is 18.7. The number of carbonyl (C=O) groups is 2. The van der Waals surface area contributed by atoms with Crippen LogP contribution in [0, 0.1) is 12.7 Å². The molecule has 2 aromatic rings. The highest BCUT2D eigenvalue weighted by Crippen LogP contribution is 2.22. The zero-order valence-corrected chi connectivity index (χ0v) is 16.6. The van der Waals surface area contributed by atoms with Crippen LogP contribution in [0.1, 0.15) is 33.2 Å². The van der Waals surface area contributed by atoms with E-state index in [9.17, 15) is 14.0 Å². The Morgan fingerprint density at radius 1 is 1.04 bits per heavy atom. The molecule has 0 aromatic heterocycles. The Labute approximate surface area is 168 Å². The predicted octanol–water partition coefficient (Wildman–Crippen LogP) is 3.78. The van der Waals surface area contributed by atoms with Crippen LogP contribution < -0.4 is 4.74 Å². The second-order valence-corrected chi connectivity index (χ2v) is 7.03. The average Bonchev–Trinajstić information content (AvgIpc) is 2.69. The SMILES string of the molecule is CCOc1ccc(C(=O)N2CCN(C(=O)c3ccc(F)cc3Cl)CC2)cc1C. The molecule has 1 aliphatic rings. The first-order valence-electron chi connectivity index (χ1n) is 9.17. The van der Waals surface area contributed by atoms with Gasteiger partial charge in [-0.1, -0.05) is 11.6 Å². The van der Waals surface area contributed by atoms with Crippen molar-refractivity contribution < 1.29 is 18.7 Å². The van der Waals surface area contributed by atoms with Crippen molar-refractivity contribution in [1.82, 2.24) is 9.80 Å². The molecular weight excluding hydrogens is 383 g/mol. The van der Waals surface area contributed by atoms with Crippen LogP contribution in [0.3, 0.4) is 0 Å². The zero-order chi connectivity index (χ0) is 20.3. The molecule has 0 radical (unpaired) electrons. The summed E-state index contributed by atoms with van der Waals surface area (Å²) in [6.45, 7) is 6.04. The maximum Gasteiger partial charge on any atom is 0.255 e. The van der Waals surface area contributed by atoms with Gasteiger partial charge in [-0.15, -0.1) is 0 Å². The molecule has 0 spiro atoms. The maximum atomic E-state index is 13.2. The third-order valence-corrected chi connectivity index (χ3v) is 5.05. The van der Waals surface area contributed by atoms with Gasteiger partial charge in [-0.3, -0.25) is 9.59 Å². The Morgan fingerprint density at radius 3 is 2.25 bits per heavy atom. The largest absolute Gasteiger partial charge is 0.494 e. The third kappa shape index (κ3) is 4.28. The molecule has 0 atom stereocenters. The van der Waals surface area contributed by atoms with E-state index in [2.05, 4.69) is 0 Å². The molecule has 5 nitrogen and oxygen atoms in total. The zero-order valence-electron chi connectivity index (χ0n) is 15.9. The second-order valence-electron chi connectivity index (χ2n) is 6.62. The van der Waals surface area contributed by atoms with Gasteiger partial charge in [0.25, 0.3) is 11.8 Å². The minimum Gasteiger partial charge on any atom is -0.494 e. The van der Waals surface area contributed by atoms with Crippen molar-refractivity contribution in [1.29, 1.82) is 0 Å². The second kappa shape index (κ2) is 8.61. The van der Waals surface area contributed by atoms with Crippen molar-refractivity contribution in [2.45, 2.75) is 13.8 Å². The van der Waals surface area contributed by atoms with Crippen LogP contribution in [0.5, 0.6) is 5.75 Å². The van der Waals surface area contributed by atoms with E-state index in [1.54, 1.807) is 15.9 Å². The minimum absolute atomic E-state index is 0.0712. The van der Waals surface area contributed by atoms with E-state index in [0.717, 1.165) is 17.4 Å². The van der Waals surface area contributed by atoms with E-state index >= 15 is 0 Å². The molecule has 1 fully saturated rings. The van der Waals surface area contributed by atoms with E-state index in [1.807, 2.05) is 26.0 Å². The van der Waals surface area contributed by atoms with Crippen molar-refractivity contribution in [3.63, 3.8) is 0 Å². The molecule has 3 rings (SSSR count). The minimum atomic E-state index is -0.484. The van der Waals surface area contributed by atoms with E-state index in [4.69, 9.17) is 16.3 Å². The number of halogens is 2. The molecule has 0 aliphatic carbocycles. The lowest BCUT2D eigenvalue weighted by Gasteiger charge is -2.35. The lowest BCUT2D eigenvalue weighted by molar-refractivity contribution is 0.0535. The number of rotatable bonds is 4. The smallest absolute Gasteiger partial charge is 0.255 e. The van der Waals surface area contributed by atoms with E-state index in [1.165, 1.54) is 12.1 Å². The van der Waals surface area contributed by atoms with Crippen LogP contribution in [0.15, 0.2) is 36.4 Å². The lowest BCUT2D eigenvalue weighted by atomic mass is 10.1. The molecule has 0 N–H and O–H groups in total. The summed E-state index contributed by atoms with van der Waals surface area (Å²) in [6, 6.07) is 9.12. The molecule has 0 saturated carbocycles. The number of hydrogen-bond donors (Lipinski definition) is 0. The van der Waals surface area contributed by atoms with Crippen molar-refractivity contribution in [2.75, 3.05) is 32.8 Å². The van der Waals surface area contributed by atoms with Crippen LogP contribution in [-0.4, -0.2) is 54.4 Å². The highest BCUT2D eigenvalue weighted by atomic mass is 35.5. The van der Waals surface area contributed by atoms with Gasteiger partial charge < -0.3 is 14.5 Å². The number of nitrogens with zero attached hydrogens (tertiary/aromatic N) is 2. The Bertz CT molecular complexity index is 895. The summed E-state index contributed by atoms with van der Waals surface area (Å²) in [4.78, 5) is 28.8. The van der Waals surface area contributed by atoms with Gasteiger partial charge >= 0.3 is 0 Å². The average molecular weight is 405 g/mol. The predicted molar refractivity (Wildman–Crippen MR) is 106 cm³/mol. The van der Waals surface area contributed by atoms with E-state index in [0.29, 0.717) is 38.3 Å². The summed E-state index contributed by atoms with van der Waals surface area (Å²) in [7, 11) is 0. The standard InChI is InChI=1S/C21H22ClFN2O3/c1-3-28-19-7-4-15(12-14(19)2)20(26)24-8-10-25(11-9-24)21(27)17-6-5-16(23)13-18(17)22/h4-7,12-13H,3,8-11H2,1-2H3. The highest BCUT2D eigenvalue weighted by Gasteiger charge is 2.26. The topological polar surface area (TPSA) is 49.9 Å². The summed E-state index contributed by atoms with van der Waals surface area (Å²) in [5, 5.41) is 0.0911. The molecule has 148 valence electrons. The molecular formula is C21H22ClFN2O3. The fourth-order valence-corrected chi connectivity index (χ4v) is 3.48. The van der Waals surface area contributed by atoms with Crippen LogP contribution >= 0.6 is 11.6 Å². The maximum absolute atomic E-state index is 13.2. The van der Waals surface area contributed by atoms with Gasteiger partial charge in [0.05, 0.1) is 17.2 Å². The van der Waals surface area contributed by atoms with E-state index < -0.39 is 5.82 Å². The first kappa shape index (κ1) is 20.1. The Hall–Kier alpha value is -2.60. The van der Waals surface area contributed by atoms with Gasteiger partial charge in [0.1, 0.15) is 11.6 Å². The molecule has 1 saturated heterocycles. The molecule has 7 heteroatoms. The van der Waals surface area contributed by atoms with Gasteiger partial charge in [0, 0.05) is 31.7 Å². The van der Waals surface area contributed by atoms with Crippen LogP contribution in [0.4, 0.5) is 4.39 Å². The highest BCUT2D eigenvalue weighted by molar-refractivity contribution is 6.33. The monoisotopic (exact) mass is 404 g/mol. The van der Waals surface area contributed by atoms with Crippen LogP contribution in [0.25, 0.3) is 0 Å². The quantitative estimate of drug-likeness (QED) is 0.779. The van der Waals surface area contributed by atoms with Crippen molar-refractivity contribution in [2.24, 2.45) is 0 Å². The summed E-state index contributed by atoms with van der Waals surface area (Å²) in [6.07, 6.45) is 0. The van der Waals surface area contributed by atoms with Crippen LogP contribution in [-0.2, 0) is 0 Å². The number of carbonyl (C=O) groups excluding carboxylic acids is 2. The normalized spacial score (nSPS) is 14.1. The molecule has 28 heavy (non-hydrogen) atoms. The lowest BCUT2D eigenvalue weighted by Crippen LogP contribution is -2.50. The Balaban J connectivity index is 1.64. The Morgan fingerprint density at radius 2 is 1.68 bits per heavy atom. The molecule has 2 amide bonds. The fraction of sp³-hybridized carbons (Fsp3) is 0.333. The van der Waals surface area contributed by atoms with E-state index in [-0.39, 0.29) is 22.4 Å². The van der Waals surface area contributed by atoms with Gasteiger partial charge in [-0.05, 0) is 55.8 Å². The number of aryl methyl sites for hydroxylation is 1. The first-order valence-corrected chi connectivity index (χ1v) is 9.55. The molecule has 2 aromatic carbocycles. The number of hydrogen-bond acceptors (Lipinski definition) is 3. The summed E-state index contributed by atoms with van der Waals surface area (Å²) in [5.41, 5.74) is 1.78. The van der Waals surface area contributed by atoms with Gasteiger partial charge in [-0.2, -0.15) is 0 Å². The third-order valence-electron chi connectivity index (χ3n) is 4.74. The van der Waals surface area contributed by atoms with Gasteiger partial charge in [-0.25, -0.2) is 4.39 Å². The summed E-state index contributed by atoms with van der Waals surface area (Å²) >= 11 is 5.99. The molecule has 1 heterocycles. The molecule has 1 aliphatic heterocycles. The number of amides is 2. The summed E-state index contributed by atoms with van der Waals surface area (Å²) in [5.74, 6) is -0.0414. The Kier molecular flexibility index (Phi) is 6.19. The molecule has 0 bridgehead atoms.